The van der Waals surface area contributed by atoms with Crippen LogP contribution >= 0.6 is 0 Å². The highest BCUT2D eigenvalue weighted by molar-refractivity contribution is 5.78. The molecule has 0 aliphatic heterocycles. The zero-order valence-electron chi connectivity index (χ0n) is 15.0. The third kappa shape index (κ3) is 5.88. The van der Waals surface area contributed by atoms with Crippen LogP contribution in [-0.2, 0) is 22.7 Å². The summed E-state index contributed by atoms with van der Waals surface area (Å²) in [6.45, 7) is 2.31. The van der Waals surface area contributed by atoms with Gasteiger partial charge in [0.25, 0.3) is 0 Å². The summed E-state index contributed by atoms with van der Waals surface area (Å²) in [5, 5.41) is 2.68. The van der Waals surface area contributed by atoms with E-state index in [0.717, 1.165) is 11.3 Å². The van der Waals surface area contributed by atoms with Crippen LogP contribution in [0.1, 0.15) is 24.5 Å². The number of carbonyl (C=O) groups is 2. The molecule has 5 nitrogen and oxygen atoms in total. The van der Waals surface area contributed by atoms with Gasteiger partial charge in [0.2, 0.25) is 11.8 Å². The summed E-state index contributed by atoms with van der Waals surface area (Å²) in [5.74, 6) is 0.0604. The lowest BCUT2D eigenvalue weighted by atomic mass is 10.2. The van der Waals surface area contributed by atoms with Gasteiger partial charge in [-0.25, -0.2) is 4.39 Å². The van der Waals surface area contributed by atoms with Crippen LogP contribution in [0.4, 0.5) is 4.39 Å². The Kier molecular flexibility index (Phi) is 7.14. The van der Waals surface area contributed by atoms with Gasteiger partial charge in [0.15, 0.2) is 0 Å². The average Bonchev–Trinajstić information content (AvgIpc) is 2.64. The lowest BCUT2D eigenvalue weighted by Gasteiger charge is -2.21. The van der Waals surface area contributed by atoms with Crippen molar-refractivity contribution >= 4 is 11.8 Å². The summed E-state index contributed by atoms with van der Waals surface area (Å²) < 4.78 is 18.7. The maximum Gasteiger partial charge on any atom is 0.222 e. The van der Waals surface area contributed by atoms with Gasteiger partial charge in [0, 0.05) is 38.5 Å². The molecular weight excluding hydrogens is 335 g/mol. The van der Waals surface area contributed by atoms with Gasteiger partial charge in [-0.05, 0) is 23.8 Å². The first-order valence-electron chi connectivity index (χ1n) is 8.38. The van der Waals surface area contributed by atoms with Crippen molar-refractivity contribution in [3.8, 4) is 5.75 Å². The van der Waals surface area contributed by atoms with E-state index < -0.39 is 0 Å². The Labute approximate surface area is 152 Å². The molecule has 0 bridgehead atoms. The van der Waals surface area contributed by atoms with E-state index >= 15 is 0 Å². The molecule has 138 valence electrons. The Morgan fingerprint density at radius 3 is 2.42 bits per heavy atom. The van der Waals surface area contributed by atoms with E-state index in [9.17, 15) is 14.0 Å². The number of ether oxygens (including phenoxy) is 1. The zero-order chi connectivity index (χ0) is 18.9. The largest absolute Gasteiger partial charge is 0.497 e. The van der Waals surface area contributed by atoms with Gasteiger partial charge < -0.3 is 15.0 Å². The number of benzene rings is 2. The topological polar surface area (TPSA) is 58.6 Å². The van der Waals surface area contributed by atoms with Crippen LogP contribution in [0.15, 0.2) is 48.5 Å². The smallest absolute Gasteiger partial charge is 0.222 e. The minimum absolute atomic E-state index is 0.109. The summed E-state index contributed by atoms with van der Waals surface area (Å²) in [6, 6.07) is 13.7. The maximum atomic E-state index is 13.5. The van der Waals surface area contributed by atoms with E-state index in [2.05, 4.69) is 5.32 Å². The number of nitrogens with one attached hydrogen (secondary N) is 1. The SMILES string of the molecule is COc1ccc(CN(CCC(=O)NCc2ccccc2F)C(C)=O)cc1. The lowest BCUT2D eigenvalue weighted by molar-refractivity contribution is -0.130. The number of nitrogens with zero attached hydrogens (tertiary/aromatic N) is 1. The van der Waals surface area contributed by atoms with E-state index in [1.54, 1.807) is 30.2 Å². The van der Waals surface area contributed by atoms with Crippen LogP contribution in [-0.4, -0.2) is 30.4 Å². The van der Waals surface area contributed by atoms with E-state index in [1.165, 1.54) is 13.0 Å². The second-order valence-corrected chi connectivity index (χ2v) is 5.91. The quantitative estimate of drug-likeness (QED) is 0.789. The number of hydrogen-bond donors (Lipinski definition) is 1. The Morgan fingerprint density at radius 1 is 1.12 bits per heavy atom. The fourth-order valence-electron chi connectivity index (χ4n) is 2.46. The third-order valence-electron chi connectivity index (χ3n) is 4.02. The summed E-state index contributed by atoms with van der Waals surface area (Å²) in [5.41, 5.74) is 1.38. The average molecular weight is 358 g/mol. The first kappa shape index (κ1) is 19.4. The molecule has 0 radical (unpaired) electrons. The first-order chi connectivity index (χ1) is 12.5. The van der Waals surface area contributed by atoms with Crippen LogP contribution in [0.5, 0.6) is 5.75 Å². The summed E-state index contributed by atoms with van der Waals surface area (Å²) in [6.07, 6.45) is 0.157. The van der Waals surface area contributed by atoms with E-state index in [4.69, 9.17) is 4.74 Å². The molecule has 2 aromatic rings. The van der Waals surface area contributed by atoms with Crippen LogP contribution < -0.4 is 10.1 Å². The number of rotatable bonds is 8. The molecule has 2 aromatic carbocycles. The van der Waals surface area contributed by atoms with Gasteiger partial charge in [0.1, 0.15) is 11.6 Å². The highest BCUT2D eigenvalue weighted by Gasteiger charge is 2.12. The Bertz CT molecular complexity index is 747. The van der Waals surface area contributed by atoms with Crippen molar-refractivity contribution in [1.82, 2.24) is 10.2 Å². The predicted octanol–water partition coefficient (Wildman–Crippen LogP) is 2.89. The molecule has 0 heterocycles. The fourth-order valence-corrected chi connectivity index (χ4v) is 2.46. The highest BCUT2D eigenvalue weighted by Crippen LogP contribution is 2.13. The number of methoxy groups -OCH3 is 1. The third-order valence-corrected chi connectivity index (χ3v) is 4.02. The molecule has 0 spiro atoms. The van der Waals surface area contributed by atoms with Gasteiger partial charge in [-0.2, -0.15) is 0 Å². The van der Waals surface area contributed by atoms with Crippen molar-refractivity contribution in [1.29, 1.82) is 0 Å². The summed E-state index contributed by atoms with van der Waals surface area (Å²) >= 11 is 0. The highest BCUT2D eigenvalue weighted by atomic mass is 19.1. The molecule has 26 heavy (non-hydrogen) atoms. The molecule has 0 unspecified atom stereocenters. The zero-order valence-corrected chi connectivity index (χ0v) is 15.0. The van der Waals surface area contributed by atoms with Gasteiger partial charge in [-0.1, -0.05) is 30.3 Å². The molecule has 0 aliphatic rings. The van der Waals surface area contributed by atoms with Crippen molar-refractivity contribution in [2.75, 3.05) is 13.7 Å². The van der Waals surface area contributed by atoms with E-state index in [-0.39, 0.29) is 30.6 Å². The summed E-state index contributed by atoms with van der Waals surface area (Å²) in [4.78, 5) is 25.4. The Hall–Kier alpha value is -2.89. The second kappa shape index (κ2) is 9.56. The maximum absolute atomic E-state index is 13.5. The van der Waals surface area contributed by atoms with Gasteiger partial charge in [-0.15, -0.1) is 0 Å². The molecule has 0 saturated heterocycles. The number of halogens is 1. The molecule has 1 N–H and O–H groups in total. The minimum Gasteiger partial charge on any atom is -0.497 e. The van der Waals surface area contributed by atoms with Crippen LogP contribution in [0.25, 0.3) is 0 Å². The standard InChI is InChI=1S/C20H23FN2O3/c1-15(24)23(14-16-7-9-18(26-2)10-8-16)12-11-20(25)22-13-17-5-3-4-6-19(17)21/h3-10H,11-14H2,1-2H3,(H,22,25). The molecule has 0 fully saturated rings. The second-order valence-electron chi connectivity index (χ2n) is 5.91. The number of amides is 2. The molecule has 0 saturated carbocycles. The molecular formula is C20H23FN2O3. The molecule has 2 amide bonds. The first-order valence-corrected chi connectivity index (χ1v) is 8.38. The number of carbonyl (C=O) groups excluding carboxylic acids is 2. The van der Waals surface area contributed by atoms with E-state index in [1.807, 2.05) is 24.3 Å². The number of hydrogen-bond acceptors (Lipinski definition) is 3. The Morgan fingerprint density at radius 2 is 1.81 bits per heavy atom. The molecule has 2 rings (SSSR count). The van der Waals surface area contributed by atoms with Crippen LogP contribution in [0.2, 0.25) is 0 Å². The molecule has 0 aliphatic carbocycles. The van der Waals surface area contributed by atoms with E-state index in [0.29, 0.717) is 18.7 Å². The molecule has 0 aromatic heterocycles. The van der Waals surface area contributed by atoms with Crippen molar-refractivity contribution in [3.63, 3.8) is 0 Å². The van der Waals surface area contributed by atoms with Crippen molar-refractivity contribution in [2.24, 2.45) is 0 Å². The van der Waals surface area contributed by atoms with Crippen molar-refractivity contribution in [2.45, 2.75) is 26.4 Å². The lowest BCUT2D eigenvalue weighted by Crippen LogP contribution is -2.33. The Balaban J connectivity index is 1.84. The van der Waals surface area contributed by atoms with Crippen LogP contribution in [0, 0.1) is 5.82 Å². The predicted molar refractivity (Wildman–Crippen MR) is 96.9 cm³/mol. The van der Waals surface area contributed by atoms with Crippen molar-refractivity contribution < 1.29 is 18.7 Å². The van der Waals surface area contributed by atoms with Gasteiger partial charge in [-0.3, -0.25) is 9.59 Å². The monoisotopic (exact) mass is 358 g/mol. The fraction of sp³-hybridized carbons (Fsp3) is 0.300. The van der Waals surface area contributed by atoms with Gasteiger partial charge >= 0.3 is 0 Å². The molecule has 0 atom stereocenters. The summed E-state index contributed by atoms with van der Waals surface area (Å²) in [7, 11) is 1.59. The van der Waals surface area contributed by atoms with Gasteiger partial charge in [0.05, 0.1) is 7.11 Å². The minimum atomic E-state index is -0.349. The van der Waals surface area contributed by atoms with Crippen molar-refractivity contribution in [3.05, 3.63) is 65.5 Å². The van der Waals surface area contributed by atoms with Crippen LogP contribution in [0.3, 0.4) is 0 Å². The normalized spacial score (nSPS) is 10.3. The molecule has 6 heteroatoms.